The second-order valence-electron chi connectivity index (χ2n) is 5.11. The number of furan rings is 1. The Kier molecular flexibility index (Phi) is 5.08. The molecule has 0 spiro atoms. The number of sulfonamides is 1. The third kappa shape index (κ3) is 3.84. The molecule has 130 valence electrons. The van der Waals surface area contributed by atoms with Gasteiger partial charge in [0.1, 0.15) is 11.4 Å². The number of nitrogens with one attached hydrogen (secondary N) is 1. The number of halogens is 1. The van der Waals surface area contributed by atoms with Crippen LogP contribution in [0.25, 0.3) is 11.5 Å². The third-order valence-corrected chi connectivity index (χ3v) is 5.23. The maximum absolute atomic E-state index is 12.5. The van der Waals surface area contributed by atoms with E-state index in [0.717, 1.165) is 0 Å². The first kappa shape index (κ1) is 17.5. The Labute approximate surface area is 150 Å². The molecular weight excluding hydrogens is 364 g/mol. The van der Waals surface area contributed by atoms with Crippen molar-refractivity contribution in [3.8, 4) is 17.2 Å². The molecular formula is C17H15ClN2O4S. The van der Waals surface area contributed by atoms with Gasteiger partial charge in [-0.1, -0.05) is 17.7 Å². The van der Waals surface area contributed by atoms with E-state index in [0.29, 0.717) is 22.8 Å². The lowest BCUT2D eigenvalue weighted by Gasteiger charge is -2.10. The Balaban J connectivity index is 1.83. The number of methoxy groups -OCH3 is 1. The lowest BCUT2D eigenvalue weighted by molar-refractivity contribution is 0.414. The van der Waals surface area contributed by atoms with Crippen LogP contribution in [0, 0.1) is 0 Å². The van der Waals surface area contributed by atoms with Crippen LogP contribution in [0.3, 0.4) is 0 Å². The normalized spacial score (nSPS) is 11.4. The number of rotatable bonds is 6. The first-order valence-electron chi connectivity index (χ1n) is 7.32. The zero-order chi connectivity index (χ0) is 17.9. The minimum absolute atomic E-state index is 0.0572. The van der Waals surface area contributed by atoms with E-state index in [2.05, 4.69) is 9.71 Å². The van der Waals surface area contributed by atoms with Crippen LogP contribution in [0.5, 0.6) is 5.75 Å². The summed E-state index contributed by atoms with van der Waals surface area (Å²) in [7, 11) is -2.28. The van der Waals surface area contributed by atoms with Crippen molar-refractivity contribution in [3.05, 3.63) is 65.5 Å². The van der Waals surface area contributed by atoms with Gasteiger partial charge in [-0.05, 0) is 42.0 Å². The van der Waals surface area contributed by atoms with Gasteiger partial charge < -0.3 is 9.15 Å². The molecule has 25 heavy (non-hydrogen) atoms. The smallest absolute Gasteiger partial charge is 0.240 e. The van der Waals surface area contributed by atoms with Gasteiger partial charge in [-0.2, -0.15) is 0 Å². The molecule has 0 saturated carbocycles. The molecule has 1 aromatic carbocycles. The maximum Gasteiger partial charge on any atom is 0.240 e. The standard InChI is InChI=1S/C17H15ClN2O4S/c1-23-15-7-6-13(10-14(15)18)25(21,22)20-11-12-4-2-8-19-17(12)16-5-3-9-24-16/h2-10,20H,11H2,1H3. The van der Waals surface area contributed by atoms with Crippen molar-refractivity contribution >= 4 is 21.6 Å². The summed E-state index contributed by atoms with van der Waals surface area (Å²) in [6.45, 7) is 0.0653. The van der Waals surface area contributed by atoms with E-state index in [1.807, 2.05) is 0 Å². The predicted octanol–water partition coefficient (Wildman–Crippen LogP) is 3.48. The van der Waals surface area contributed by atoms with Gasteiger partial charge in [-0.15, -0.1) is 0 Å². The molecule has 0 fully saturated rings. The van der Waals surface area contributed by atoms with E-state index in [1.165, 1.54) is 31.6 Å². The fourth-order valence-corrected chi connectivity index (χ4v) is 3.64. The van der Waals surface area contributed by atoms with Crippen LogP contribution in [0.2, 0.25) is 5.02 Å². The van der Waals surface area contributed by atoms with Crippen LogP contribution in [-0.4, -0.2) is 20.5 Å². The van der Waals surface area contributed by atoms with Gasteiger partial charge in [0.25, 0.3) is 0 Å². The Hall–Kier alpha value is -2.35. The Morgan fingerprint density at radius 2 is 2.08 bits per heavy atom. The summed E-state index contributed by atoms with van der Waals surface area (Å²) in [5, 5.41) is 0.225. The minimum atomic E-state index is -3.74. The highest BCUT2D eigenvalue weighted by Crippen LogP contribution is 2.27. The Morgan fingerprint density at radius 3 is 2.76 bits per heavy atom. The van der Waals surface area contributed by atoms with E-state index in [1.54, 1.807) is 30.5 Å². The third-order valence-electron chi connectivity index (χ3n) is 3.53. The van der Waals surface area contributed by atoms with Crippen LogP contribution >= 0.6 is 11.6 Å². The molecule has 3 aromatic rings. The van der Waals surface area contributed by atoms with E-state index >= 15 is 0 Å². The summed E-state index contributed by atoms with van der Waals surface area (Å²) in [6.07, 6.45) is 3.16. The first-order chi connectivity index (χ1) is 12.0. The van der Waals surface area contributed by atoms with Crippen molar-refractivity contribution in [2.45, 2.75) is 11.4 Å². The minimum Gasteiger partial charge on any atom is -0.495 e. The van der Waals surface area contributed by atoms with Crippen molar-refractivity contribution in [1.82, 2.24) is 9.71 Å². The average Bonchev–Trinajstić information content (AvgIpc) is 3.14. The van der Waals surface area contributed by atoms with Gasteiger partial charge >= 0.3 is 0 Å². The fraction of sp³-hybridized carbons (Fsp3) is 0.118. The van der Waals surface area contributed by atoms with Gasteiger partial charge in [0.15, 0.2) is 5.76 Å². The Morgan fingerprint density at radius 1 is 1.24 bits per heavy atom. The first-order valence-corrected chi connectivity index (χ1v) is 9.18. The van der Waals surface area contributed by atoms with Crippen LogP contribution in [0.15, 0.2) is 64.2 Å². The lowest BCUT2D eigenvalue weighted by atomic mass is 10.1. The molecule has 3 rings (SSSR count). The van der Waals surface area contributed by atoms with Crippen LogP contribution in [0.1, 0.15) is 5.56 Å². The summed E-state index contributed by atoms with van der Waals surface area (Å²) < 4.78 is 37.9. The molecule has 0 aliphatic rings. The number of aromatic nitrogens is 1. The van der Waals surface area contributed by atoms with Crippen LogP contribution in [-0.2, 0) is 16.6 Å². The number of ether oxygens (including phenoxy) is 1. The van der Waals surface area contributed by atoms with E-state index in [4.69, 9.17) is 20.8 Å². The molecule has 8 heteroatoms. The Bertz CT molecular complexity index is 972. The van der Waals surface area contributed by atoms with Gasteiger partial charge in [0.05, 0.1) is 23.3 Å². The molecule has 0 amide bonds. The molecule has 0 atom stereocenters. The summed E-state index contributed by atoms with van der Waals surface area (Å²) in [5.74, 6) is 0.982. The van der Waals surface area contributed by atoms with Crippen molar-refractivity contribution < 1.29 is 17.6 Å². The largest absolute Gasteiger partial charge is 0.495 e. The molecule has 0 aliphatic heterocycles. The molecule has 0 saturated heterocycles. The summed E-state index contributed by atoms with van der Waals surface area (Å²) in [6, 6.07) is 11.3. The highest BCUT2D eigenvalue weighted by Gasteiger charge is 2.17. The van der Waals surface area contributed by atoms with Gasteiger partial charge in [-0.3, -0.25) is 4.98 Å². The highest BCUT2D eigenvalue weighted by molar-refractivity contribution is 7.89. The molecule has 2 heterocycles. The molecule has 0 aliphatic carbocycles. The van der Waals surface area contributed by atoms with Crippen molar-refractivity contribution in [2.24, 2.45) is 0 Å². The predicted molar refractivity (Wildman–Crippen MR) is 94.0 cm³/mol. The maximum atomic E-state index is 12.5. The monoisotopic (exact) mass is 378 g/mol. The second-order valence-corrected chi connectivity index (χ2v) is 7.28. The van der Waals surface area contributed by atoms with Crippen LogP contribution < -0.4 is 9.46 Å². The van der Waals surface area contributed by atoms with Crippen molar-refractivity contribution in [2.75, 3.05) is 7.11 Å². The topological polar surface area (TPSA) is 81.4 Å². The van der Waals surface area contributed by atoms with E-state index in [9.17, 15) is 8.42 Å². The average molecular weight is 379 g/mol. The molecule has 2 aromatic heterocycles. The number of nitrogens with zero attached hydrogens (tertiary/aromatic N) is 1. The van der Waals surface area contributed by atoms with Gasteiger partial charge in [0.2, 0.25) is 10.0 Å². The number of hydrogen-bond acceptors (Lipinski definition) is 5. The zero-order valence-electron chi connectivity index (χ0n) is 13.3. The van der Waals surface area contributed by atoms with Crippen LogP contribution in [0.4, 0.5) is 0 Å². The number of benzene rings is 1. The molecule has 0 radical (unpaired) electrons. The second kappa shape index (κ2) is 7.26. The summed E-state index contributed by atoms with van der Waals surface area (Å²) in [4.78, 5) is 4.32. The SMILES string of the molecule is COc1ccc(S(=O)(=O)NCc2cccnc2-c2ccco2)cc1Cl. The molecule has 6 nitrogen and oxygen atoms in total. The number of pyridine rings is 1. The van der Waals surface area contributed by atoms with E-state index in [-0.39, 0.29) is 16.5 Å². The zero-order valence-corrected chi connectivity index (χ0v) is 14.8. The van der Waals surface area contributed by atoms with Gasteiger partial charge in [0, 0.05) is 12.7 Å². The van der Waals surface area contributed by atoms with Gasteiger partial charge in [-0.25, -0.2) is 13.1 Å². The van der Waals surface area contributed by atoms with Crippen molar-refractivity contribution in [1.29, 1.82) is 0 Å². The number of hydrogen-bond donors (Lipinski definition) is 1. The fourth-order valence-electron chi connectivity index (χ4n) is 2.29. The summed E-state index contributed by atoms with van der Waals surface area (Å²) >= 11 is 6.01. The quantitative estimate of drug-likeness (QED) is 0.710. The molecule has 1 N–H and O–H groups in total. The van der Waals surface area contributed by atoms with E-state index < -0.39 is 10.0 Å². The lowest BCUT2D eigenvalue weighted by Crippen LogP contribution is -2.23. The highest BCUT2D eigenvalue weighted by atomic mass is 35.5. The van der Waals surface area contributed by atoms with Crippen molar-refractivity contribution in [3.63, 3.8) is 0 Å². The molecule has 0 bridgehead atoms. The summed E-state index contributed by atoms with van der Waals surface area (Å²) in [5.41, 5.74) is 1.28. The molecule has 0 unspecified atom stereocenters.